The SMILES string of the molecule is COC(=O)C1=C(c2ccccc2F)OC(=O)C1=O. The number of methoxy groups -OCH3 is 1. The average Bonchev–Trinajstić information content (AvgIpc) is 2.65. The van der Waals surface area contributed by atoms with E-state index in [1.54, 1.807) is 0 Å². The molecule has 0 N–H and O–H groups in total. The lowest BCUT2D eigenvalue weighted by atomic mass is 10.1. The predicted molar refractivity (Wildman–Crippen MR) is 56.4 cm³/mol. The summed E-state index contributed by atoms with van der Waals surface area (Å²) in [5.41, 5.74) is -0.732. The number of benzene rings is 1. The van der Waals surface area contributed by atoms with Gasteiger partial charge in [-0.15, -0.1) is 0 Å². The third kappa shape index (κ3) is 1.77. The van der Waals surface area contributed by atoms with Gasteiger partial charge in [0.05, 0.1) is 12.7 Å². The molecule has 0 spiro atoms. The normalized spacial score (nSPS) is 14.8. The number of hydrogen-bond acceptors (Lipinski definition) is 5. The van der Waals surface area contributed by atoms with Crippen LogP contribution in [0.3, 0.4) is 0 Å². The highest BCUT2D eigenvalue weighted by Gasteiger charge is 2.40. The van der Waals surface area contributed by atoms with Gasteiger partial charge in [0.15, 0.2) is 11.3 Å². The first-order valence-corrected chi connectivity index (χ1v) is 4.90. The number of hydrogen-bond donors (Lipinski definition) is 0. The topological polar surface area (TPSA) is 69.7 Å². The molecule has 0 saturated heterocycles. The summed E-state index contributed by atoms with van der Waals surface area (Å²) in [5.74, 6) is -4.52. The number of Topliss-reactive ketones (excluding diaryl/α,β-unsaturated/α-hetero) is 1. The fraction of sp³-hybridized carbons (Fsp3) is 0.0833. The van der Waals surface area contributed by atoms with Crippen LogP contribution in [0.5, 0.6) is 0 Å². The van der Waals surface area contributed by atoms with Crippen LogP contribution in [0.4, 0.5) is 4.39 Å². The van der Waals surface area contributed by atoms with E-state index < -0.39 is 34.9 Å². The lowest BCUT2D eigenvalue weighted by molar-refractivity contribution is -0.146. The molecule has 1 aromatic carbocycles. The smallest absolute Gasteiger partial charge is 0.385 e. The van der Waals surface area contributed by atoms with Gasteiger partial charge in [-0.05, 0) is 12.1 Å². The molecular formula is C12H7FO5. The van der Waals surface area contributed by atoms with Gasteiger partial charge in [-0.25, -0.2) is 14.0 Å². The van der Waals surface area contributed by atoms with Gasteiger partial charge in [0.1, 0.15) is 5.82 Å². The van der Waals surface area contributed by atoms with E-state index in [0.717, 1.165) is 13.2 Å². The summed E-state index contributed by atoms with van der Waals surface area (Å²) in [6, 6.07) is 5.32. The van der Waals surface area contributed by atoms with Crippen LogP contribution in [0.2, 0.25) is 0 Å². The molecule has 18 heavy (non-hydrogen) atoms. The van der Waals surface area contributed by atoms with Crippen molar-refractivity contribution >= 4 is 23.5 Å². The zero-order valence-electron chi connectivity index (χ0n) is 9.23. The van der Waals surface area contributed by atoms with Crippen molar-refractivity contribution in [2.75, 3.05) is 7.11 Å². The highest BCUT2D eigenvalue weighted by Crippen LogP contribution is 2.29. The number of cyclic esters (lactones) is 1. The van der Waals surface area contributed by atoms with Crippen LogP contribution in [0, 0.1) is 5.82 Å². The molecular weight excluding hydrogens is 243 g/mol. The molecule has 1 aliphatic heterocycles. The molecule has 0 aromatic heterocycles. The van der Waals surface area contributed by atoms with E-state index >= 15 is 0 Å². The Morgan fingerprint density at radius 2 is 1.94 bits per heavy atom. The van der Waals surface area contributed by atoms with Crippen molar-refractivity contribution in [3.63, 3.8) is 0 Å². The summed E-state index contributed by atoms with van der Waals surface area (Å²) in [6.07, 6.45) is 0. The maximum Gasteiger partial charge on any atom is 0.385 e. The number of esters is 2. The predicted octanol–water partition coefficient (Wildman–Crippen LogP) is 0.836. The van der Waals surface area contributed by atoms with Gasteiger partial charge in [-0.2, -0.15) is 0 Å². The van der Waals surface area contributed by atoms with Gasteiger partial charge in [0.25, 0.3) is 5.78 Å². The lowest BCUT2D eigenvalue weighted by Crippen LogP contribution is -2.16. The van der Waals surface area contributed by atoms with E-state index in [9.17, 15) is 18.8 Å². The van der Waals surface area contributed by atoms with Gasteiger partial charge >= 0.3 is 11.9 Å². The van der Waals surface area contributed by atoms with Gasteiger partial charge in [0, 0.05) is 0 Å². The number of carbonyl (C=O) groups is 3. The number of rotatable bonds is 2. The van der Waals surface area contributed by atoms with Crippen molar-refractivity contribution in [3.8, 4) is 0 Å². The van der Waals surface area contributed by atoms with Crippen LogP contribution >= 0.6 is 0 Å². The van der Waals surface area contributed by atoms with Crippen LogP contribution in [0.15, 0.2) is 29.8 Å². The van der Waals surface area contributed by atoms with Crippen LogP contribution < -0.4 is 0 Å². The number of ketones is 1. The molecule has 0 saturated carbocycles. The molecule has 0 bridgehead atoms. The highest BCUT2D eigenvalue weighted by atomic mass is 19.1. The van der Waals surface area contributed by atoms with Crippen molar-refractivity contribution in [1.82, 2.24) is 0 Å². The number of carbonyl (C=O) groups excluding carboxylic acids is 3. The fourth-order valence-corrected chi connectivity index (χ4v) is 1.52. The Balaban J connectivity index is 2.62. The van der Waals surface area contributed by atoms with Crippen molar-refractivity contribution in [1.29, 1.82) is 0 Å². The molecule has 0 atom stereocenters. The Kier molecular flexibility index (Phi) is 2.93. The van der Waals surface area contributed by atoms with Gasteiger partial charge in [-0.3, -0.25) is 4.79 Å². The summed E-state index contributed by atoms with van der Waals surface area (Å²) in [4.78, 5) is 34.0. The maximum absolute atomic E-state index is 13.5. The van der Waals surface area contributed by atoms with E-state index in [-0.39, 0.29) is 5.56 Å². The fourth-order valence-electron chi connectivity index (χ4n) is 1.52. The second kappa shape index (κ2) is 4.40. The van der Waals surface area contributed by atoms with Crippen LogP contribution in [-0.2, 0) is 23.9 Å². The Hall–Kier alpha value is -2.50. The molecule has 0 amide bonds. The Morgan fingerprint density at radius 3 is 2.56 bits per heavy atom. The molecule has 92 valence electrons. The molecule has 1 aliphatic rings. The first kappa shape index (κ1) is 12.0. The van der Waals surface area contributed by atoms with Gasteiger partial charge in [0.2, 0.25) is 0 Å². The first-order chi connectivity index (χ1) is 8.56. The standard InChI is InChI=1S/C12H7FO5/c1-17-11(15)8-9(14)12(16)18-10(8)6-4-2-3-5-7(6)13/h2-5H,1H3. The molecule has 6 heteroatoms. The van der Waals surface area contributed by atoms with Crippen molar-refractivity contribution in [3.05, 3.63) is 41.2 Å². The van der Waals surface area contributed by atoms with Gasteiger partial charge in [-0.1, -0.05) is 12.1 Å². The van der Waals surface area contributed by atoms with Crippen LogP contribution in [-0.4, -0.2) is 24.8 Å². The number of halogens is 1. The van der Waals surface area contributed by atoms with Crippen molar-refractivity contribution in [2.24, 2.45) is 0 Å². The third-order valence-corrected chi connectivity index (χ3v) is 2.34. The van der Waals surface area contributed by atoms with E-state index in [4.69, 9.17) is 0 Å². The zero-order valence-corrected chi connectivity index (χ0v) is 9.23. The maximum atomic E-state index is 13.5. The summed E-state index contributed by atoms with van der Waals surface area (Å²) >= 11 is 0. The van der Waals surface area contributed by atoms with E-state index in [1.807, 2.05) is 0 Å². The second-order valence-electron chi connectivity index (χ2n) is 3.39. The average molecular weight is 250 g/mol. The molecule has 1 aromatic rings. The van der Waals surface area contributed by atoms with Crippen LogP contribution in [0.1, 0.15) is 5.56 Å². The Labute approximate surface area is 101 Å². The minimum Gasteiger partial charge on any atom is -0.465 e. The Morgan fingerprint density at radius 1 is 1.28 bits per heavy atom. The van der Waals surface area contributed by atoms with Crippen LogP contribution in [0.25, 0.3) is 5.76 Å². The summed E-state index contributed by atoms with van der Waals surface area (Å²) in [5, 5.41) is 0. The minimum absolute atomic E-state index is 0.142. The van der Waals surface area contributed by atoms with E-state index in [0.29, 0.717) is 0 Å². The molecule has 2 rings (SSSR count). The lowest BCUT2D eigenvalue weighted by Gasteiger charge is -2.04. The summed E-state index contributed by atoms with van der Waals surface area (Å²) in [6.45, 7) is 0. The largest absolute Gasteiger partial charge is 0.465 e. The minimum atomic E-state index is -1.23. The highest BCUT2D eigenvalue weighted by molar-refractivity contribution is 6.51. The third-order valence-electron chi connectivity index (χ3n) is 2.34. The molecule has 0 fully saturated rings. The van der Waals surface area contributed by atoms with E-state index in [2.05, 4.69) is 9.47 Å². The monoisotopic (exact) mass is 250 g/mol. The molecule has 5 nitrogen and oxygen atoms in total. The van der Waals surface area contributed by atoms with Crippen molar-refractivity contribution < 1.29 is 28.2 Å². The molecule has 0 unspecified atom stereocenters. The molecule has 1 heterocycles. The van der Waals surface area contributed by atoms with Crippen molar-refractivity contribution in [2.45, 2.75) is 0 Å². The zero-order chi connectivity index (χ0) is 13.3. The second-order valence-corrected chi connectivity index (χ2v) is 3.39. The Bertz CT molecular complexity index is 588. The molecule has 0 radical (unpaired) electrons. The summed E-state index contributed by atoms with van der Waals surface area (Å²) < 4.78 is 22.5. The number of ether oxygens (including phenoxy) is 2. The summed E-state index contributed by atoms with van der Waals surface area (Å²) in [7, 11) is 1.05. The molecule has 0 aliphatic carbocycles. The first-order valence-electron chi connectivity index (χ1n) is 4.90. The van der Waals surface area contributed by atoms with E-state index in [1.165, 1.54) is 18.2 Å². The van der Waals surface area contributed by atoms with Gasteiger partial charge < -0.3 is 9.47 Å². The quantitative estimate of drug-likeness (QED) is 0.442.